The van der Waals surface area contributed by atoms with Crippen molar-refractivity contribution in [1.82, 2.24) is 5.32 Å². The molecular weight excluding hydrogens is 755 g/mol. The molecule has 0 aromatic heterocycles. The SMILES string of the molecule is CCCCCCCCCCC/C=C/C(O)C(CO)NC(=O)CCCCCCCCCCCCCCCC/C=C\C/C=C\CCOC(=O)CCCCCCCCCCCCCC. The van der Waals surface area contributed by atoms with E-state index in [4.69, 9.17) is 4.74 Å². The summed E-state index contributed by atoms with van der Waals surface area (Å²) in [5, 5.41) is 23.0. The molecule has 0 saturated carbocycles. The number of carbonyl (C=O) groups excluding carboxylic acids is 2. The summed E-state index contributed by atoms with van der Waals surface area (Å²) in [6.45, 7) is 4.77. The van der Waals surface area contributed by atoms with Gasteiger partial charge in [0, 0.05) is 12.8 Å². The average Bonchev–Trinajstić information content (AvgIpc) is 3.26. The third-order valence-corrected chi connectivity index (χ3v) is 12.2. The topological polar surface area (TPSA) is 95.9 Å². The van der Waals surface area contributed by atoms with Crippen LogP contribution in [-0.2, 0) is 14.3 Å². The van der Waals surface area contributed by atoms with Crippen molar-refractivity contribution in [2.24, 2.45) is 0 Å². The molecule has 0 bridgehead atoms. The van der Waals surface area contributed by atoms with Gasteiger partial charge < -0.3 is 20.3 Å². The fourth-order valence-corrected chi connectivity index (χ4v) is 8.06. The maximum atomic E-state index is 12.4. The molecule has 0 aliphatic carbocycles. The van der Waals surface area contributed by atoms with Gasteiger partial charge in [-0.2, -0.15) is 0 Å². The van der Waals surface area contributed by atoms with Crippen LogP contribution >= 0.6 is 0 Å². The molecule has 2 atom stereocenters. The molecule has 0 fully saturated rings. The van der Waals surface area contributed by atoms with Gasteiger partial charge in [0.05, 0.1) is 25.4 Å². The van der Waals surface area contributed by atoms with Crippen LogP contribution in [0.3, 0.4) is 0 Å². The first-order valence-electron chi connectivity index (χ1n) is 26.8. The second-order valence-corrected chi connectivity index (χ2v) is 18.2. The third kappa shape index (κ3) is 47.4. The summed E-state index contributed by atoms with van der Waals surface area (Å²) < 4.78 is 5.40. The van der Waals surface area contributed by atoms with Crippen LogP contribution in [0.15, 0.2) is 36.5 Å². The van der Waals surface area contributed by atoms with Crippen molar-refractivity contribution < 1.29 is 24.5 Å². The number of amides is 1. The first-order chi connectivity index (χ1) is 30.0. The van der Waals surface area contributed by atoms with Crippen molar-refractivity contribution in [1.29, 1.82) is 0 Å². The van der Waals surface area contributed by atoms with E-state index in [0.29, 0.717) is 19.4 Å². The van der Waals surface area contributed by atoms with Crippen molar-refractivity contribution in [2.45, 2.75) is 289 Å². The zero-order valence-electron chi connectivity index (χ0n) is 40.6. The number of aliphatic hydroxyl groups excluding tert-OH is 2. The van der Waals surface area contributed by atoms with Gasteiger partial charge in [0.15, 0.2) is 0 Å². The van der Waals surface area contributed by atoms with E-state index in [2.05, 4.69) is 43.5 Å². The van der Waals surface area contributed by atoms with E-state index in [-0.39, 0.29) is 18.5 Å². The molecule has 0 aromatic carbocycles. The van der Waals surface area contributed by atoms with Gasteiger partial charge in [0.25, 0.3) is 0 Å². The third-order valence-electron chi connectivity index (χ3n) is 12.2. The van der Waals surface area contributed by atoms with Gasteiger partial charge in [0.2, 0.25) is 5.91 Å². The summed E-state index contributed by atoms with van der Waals surface area (Å²) in [4.78, 5) is 24.4. The molecule has 0 heterocycles. The Kier molecular flexibility index (Phi) is 49.1. The first-order valence-corrected chi connectivity index (χ1v) is 26.8. The number of unbranched alkanes of at least 4 members (excludes halogenated alkanes) is 34. The fraction of sp³-hybridized carbons (Fsp3) is 0.855. The number of nitrogens with one attached hydrogen (secondary N) is 1. The standard InChI is InChI=1S/C55H103NO5/c1-3-5-7-9-11-13-15-29-33-37-41-45-49-55(60)61-50-46-42-38-34-30-26-24-22-20-18-16-17-19-21-23-25-28-32-36-40-44-48-54(59)56-52(51-57)53(58)47-43-39-35-31-27-14-12-10-8-6-4-2/h26,30,38,42-43,47,52-53,57-58H,3-25,27-29,31-37,39-41,44-46,48-51H2,1-2H3,(H,56,59)/b30-26-,42-38-,47-43+. The number of aliphatic hydroxyl groups is 2. The highest BCUT2D eigenvalue weighted by Gasteiger charge is 2.18. The first kappa shape index (κ1) is 59.1. The minimum atomic E-state index is -0.846. The summed E-state index contributed by atoms with van der Waals surface area (Å²) in [5.74, 6) is -0.110. The van der Waals surface area contributed by atoms with Crippen LogP contribution in [0.5, 0.6) is 0 Å². The van der Waals surface area contributed by atoms with Crippen molar-refractivity contribution in [2.75, 3.05) is 13.2 Å². The summed E-state index contributed by atoms with van der Waals surface area (Å²) in [7, 11) is 0. The molecule has 61 heavy (non-hydrogen) atoms. The number of allylic oxidation sites excluding steroid dienone is 4. The number of hydrogen-bond donors (Lipinski definition) is 3. The van der Waals surface area contributed by atoms with Gasteiger partial charge in [-0.1, -0.05) is 249 Å². The van der Waals surface area contributed by atoms with Gasteiger partial charge in [-0.15, -0.1) is 0 Å². The van der Waals surface area contributed by atoms with E-state index in [9.17, 15) is 19.8 Å². The molecule has 0 rings (SSSR count). The lowest BCUT2D eigenvalue weighted by Crippen LogP contribution is -2.45. The minimum Gasteiger partial charge on any atom is -0.465 e. The molecule has 6 heteroatoms. The molecule has 0 aliphatic heterocycles. The average molecular weight is 858 g/mol. The summed E-state index contributed by atoms with van der Waals surface area (Å²) in [6, 6.07) is -0.630. The molecule has 0 saturated heterocycles. The zero-order valence-corrected chi connectivity index (χ0v) is 40.6. The largest absolute Gasteiger partial charge is 0.465 e. The monoisotopic (exact) mass is 858 g/mol. The van der Waals surface area contributed by atoms with Crippen molar-refractivity contribution in [3.63, 3.8) is 0 Å². The number of hydrogen-bond acceptors (Lipinski definition) is 5. The molecule has 0 aliphatic rings. The van der Waals surface area contributed by atoms with Crippen LogP contribution in [0.4, 0.5) is 0 Å². The van der Waals surface area contributed by atoms with Crippen LogP contribution in [0, 0.1) is 0 Å². The molecule has 0 aromatic rings. The summed E-state index contributed by atoms with van der Waals surface area (Å²) in [5.41, 5.74) is 0. The van der Waals surface area contributed by atoms with Gasteiger partial charge in [-0.25, -0.2) is 0 Å². The van der Waals surface area contributed by atoms with Gasteiger partial charge in [-0.3, -0.25) is 9.59 Å². The Labute approximate surface area is 379 Å². The molecular formula is C55H103NO5. The minimum absolute atomic E-state index is 0.0358. The Balaban J connectivity index is 3.47. The smallest absolute Gasteiger partial charge is 0.305 e. The maximum absolute atomic E-state index is 12.4. The summed E-state index contributed by atoms with van der Waals surface area (Å²) >= 11 is 0. The molecule has 1 amide bonds. The predicted molar refractivity (Wildman–Crippen MR) is 264 cm³/mol. The van der Waals surface area contributed by atoms with E-state index in [0.717, 1.165) is 51.4 Å². The Hall–Kier alpha value is -1.92. The lowest BCUT2D eigenvalue weighted by atomic mass is 10.0. The molecule has 6 nitrogen and oxygen atoms in total. The van der Waals surface area contributed by atoms with E-state index in [1.54, 1.807) is 6.08 Å². The number of ether oxygens (including phenoxy) is 1. The predicted octanol–water partition coefficient (Wildman–Crippen LogP) is 16.1. The van der Waals surface area contributed by atoms with E-state index >= 15 is 0 Å². The zero-order chi connectivity index (χ0) is 44.4. The highest BCUT2D eigenvalue weighted by molar-refractivity contribution is 5.76. The fourth-order valence-electron chi connectivity index (χ4n) is 8.06. The van der Waals surface area contributed by atoms with Crippen molar-refractivity contribution >= 4 is 11.9 Å². The van der Waals surface area contributed by atoms with Gasteiger partial charge >= 0.3 is 5.97 Å². The molecule has 0 radical (unpaired) electrons. The van der Waals surface area contributed by atoms with E-state index < -0.39 is 12.1 Å². The second kappa shape index (κ2) is 50.7. The second-order valence-electron chi connectivity index (χ2n) is 18.2. The van der Waals surface area contributed by atoms with E-state index in [1.807, 2.05) is 6.08 Å². The van der Waals surface area contributed by atoms with Crippen LogP contribution in [0.25, 0.3) is 0 Å². The lowest BCUT2D eigenvalue weighted by Gasteiger charge is -2.20. The highest BCUT2D eigenvalue weighted by Crippen LogP contribution is 2.16. The lowest BCUT2D eigenvalue weighted by molar-refractivity contribution is -0.143. The Morgan fingerprint density at radius 3 is 1.25 bits per heavy atom. The molecule has 2 unspecified atom stereocenters. The number of rotatable bonds is 49. The number of esters is 1. The van der Waals surface area contributed by atoms with Crippen LogP contribution in [0.2, 0.25) is 0 Å². The molecule has 0 spiro atoms. The number of carbonyl (C=O) groups is 2. The van der Waals surface area contributed by atoms with Crippen LogP contribution in [-0.4, -0.2) is 47.4 Å². The van der Waals surface area contributed by atoms with Gasteiger partial charge in [-0.05, 0) is 51.4 Å². The molecule has 358 valence electrons. The van der Waals surface area contributed by atoms with E-state index in [1.165, 1.54) is 199 Å². The Morgan fingerprint density at radius 1 is 0.459 bits per heavy atom. The quantitative estimate of drug-likeness (QED) is 0.0322. The Bertz CT molecular complexity index is 993. The van der Waals surface area contributed by atoms with Crippen LogP contribution < -0.4 is 5.32 Å². The van der Waals surface area contributed by atoms with Crippen molar-refractivity contribution in [3.05, 3.63) is 36.5 Å². The normalized spacial score (nSPS) is 12.9. The highest BCUT2D eigenvalue weighted by atomic mass is 16.5. The van der Waals surface area contributed by atoms with Crippen LogP contribution in [0.1, 0.15) is 277 Å². The maximum Gasteiger partial charge on any atom is 0.305 e. The van der Waals surface area contributed by atoms with Gasteiger partial charge in [0.1, 0.15) is 0 Å². The molecule has 3 N–H and O–H groups in total. The van der Waals surface area contributed by atoms with Crippen molar-refractivity contribution in [3.8, 4) is 0 Å². The summed E-state index contributed by atoms with van der Waals surface area (Å²) in [6.07, 6.45) is 61.7. The Morgan fingerprint density at radius 2 is 0.820 bits per heavy atom.